The number of nitrogens with zero attached hydrogens (tertiary/aromatic N) is 1. The lowest BCUT2D eigenvalue weighted by Gasteiger charge is -2.22. The predicted molar refractivity (Wildman–Crippen MR) is 132 cm³/mol. The van der Waals surface area contributed by atoms with Crippen LogP contribution in [0.1, 0.15) is 50.5 Å². The summed E-state index contributed by atoms with van der Waals surface area (Å²) in [5.74, 6) is 0.605. The van der Waals surface area contributed by atoms with Crippen LogP contribution in [0.15, 0.2) is 23.2 Å². The average Bonchev–Trinajstić information content (AvgIpc) is 2.69. The minimum atomic E-state index is -0.0883. The first-order chi connectivity index (χ1) is 13.6. The van der Waals surface area contributed by atoms with Crippen molar-refractivity contribution in [3.8, 4) is 0 Å². The summed E-state index contributed by atoms with van der Waals surface area (Å²) in [5, 5.41) is 9.79. The SMILES string of the molecule is CN=C(NCCCOC1CCCCC1)NCCC(=O)Nc1ccc(C)cc1Cl.I. The molecule has 0 heterocycles. The van der Waals surface area contributed by atoms with Gasteiger partial charge in [-0.3, -0.25) is 9.79 Å². The second kappa shape index (κ2) is 14.8. The van der Waals surface area contributed by atoms with Gasteiger partial charge in [0.05, 0.1) is 16.8 Å². The minimum absolute atomic E-state index is 0. The van der Waals surface area contributed by atoms with E-state index in [4.69, 9.17) is 16.3 Å². The molecule has 29 heavy (non-hydrogen) atoms. The maximum absolute atomic E-state index is 12.1. The van der Waals surface area contributed by atoms with Gasteiger partial charge in [0.15, 0.2) is 5.96 Å². The molecule has 1 aromatic carbocycles. The number of halogens is 2. The summed E-state index contributed by atoms with van der Waals surface area (Å²) in [6.45, 7) is 4.02. The summed E-state index contributed by atoms with van der Waals surface area (Å²) in [6.07, 6.45) is 8.05. The molecule has 0 atom stereocenters. The molecular weight excluding hydrogens is 503 g/mol. The highest BCUT2D eigenvalue weighted by atomic mass is 127. The van der Waals surface area contributed by atoms with Gasteiger partial charge >= 0.3 is 0 Å². The Bertz CT molecular complexity index is 652. The van der Waals surface area contributed by atoms with Gasteiger partial charge in [-0.1, -0.05) is 36.9 Å². The number of benzene rings is 1. The lowest BCUT2D eigenvalue weighted by atomic mass is 9.98. The van der Waals surface area contributed by atoms with E-state index in [1.807, 2.05) is 25.1 Å². The van der Waals surface area contributed by atoms with E-state index in [1.165, 1.54) is 32.1 Å². The molecule has 0 saturated heterocycles. The predicted octanol–water partition coefficient (Wildman–Crippen LogP) is 4.50. The largest absolute Gasteiger partial charge is 0.378 e. The monoisotopic (exact) mass is 536 g/mol. The Morgan fingerprint density at radius 2 is 1.93 bits per heavy atom. The van der Waals surface area contributed by atoms with Gasteiger partial charge in [0.25, 0.3) is 0 Å². The van der Waals surface area contributed by atoms with Crippen molar-refractivity contribution in [2.45, 2.75) is 58.0 Å². The van der Waals surface area contributed by atoms with Crippen LogP contribution in [0.3, 0.4) is 0 Å². The van der Waals surface area contributed by atoms with Crippen LogP contribution >= 0.6 is 35.6 Å². The molecule has 0 radical (unpaired) electrons. The third-order valence-electron chi connectivity index (χ3n) is 4.79. The fourth-order valence-electron chi connectivity index (χ4n) is 3.21. The van der Waals surface area contributed by atoms with Crippen molar-refractivity contribution in [2.75, 3.05) is 32.1 Å². The van der Waals surface area contributed by atoms with E-state index in [-0.39, 0.29) is 29.9 Å². The van der Waals surface area contributed by atoms with Crippen LogP contribution in [0.25, 0.3) is 0 Å². The van der Waals surface area contributed by atoms with Gasteiger partial charge < -0.3 is 20.7 Å². The molecule has 1 fully saturated rings. The van der Waals surface area contributed by atoms with E-state index in [1.54, 1.807) is 7.05 Å². The summed E-state index contributed by atoms with van der Waals surface area (Å²) in [4.78, 5) is 16.3. The molecule has 8 heteroatoms. The molecule has 1 saturated carbocycles. The van der Waals surface area contributed by atoms with Crippen molar-refractivity contribution < 1.29 is 9.53 Å². The number of hydrogen-bond acceptors (Lipinski definition) is 3. The molecule has 0 bridgehead atoms. The first-order valence-electron chi connectivity index (χ1n) is 10.2. The lowest BCUT2D eigenvalue weighted by Crippen LogP contribution is -2.39. The highest BCUT2D eigenvalue weighted by molar-refractivity contribution is 14.0. The second-order valence-corrected chi connectivity index (χ2v) is 7.60. The van der Waals surface area contributed by atoms with Gasteiger partial charge in [-0.15, -0.1) is 24.0 Å². The van der Waals surface area contributed by atoms with Crippen molar-refractivity contribution >= 4 is 53.1 Å². The molecular formula is C21H34ClIN4O2. The Morgan fingerprint density at radius 3 is 2.62 bits per heavy atom. The van der Waals surface area contributed by atoms with Crippen LogP contribution in [0, 0.1) is 6.92 Å². The smallest absolute Gasteiger partial charge is 0.226 e. The average molecular weight is 537 g/mol. The summed E-state index contributed by atoms with van der Waals surface area (Å²) in [7, 11) is 1.72. The number of aliphatic imine (C=N–C) groups is 1. The Balaban J connectivity index is 0.00000420. The highest BCUT2D eigenvalue weighted by Crippen LogP contribution is 2.22. The normalized spacial score (nSPS) is 14.8. The molecule has 3 N–H and O–H groups in total. The molecule has 1 aliphatic carbocycles. The zero-order chi connectivity index (χ0) is 20.2. The van der Waals surface area contributed by atoms with Crippen LogP contribution in [0.2, 0.25) is 5.02 Å². The van der Waals surface area contributed by atoms with Gasteiger partial charge in [0.1, 0.15) is 0 Å². The Kier molecular flexibility index (Phi) is 13.3. The third-order valence-corrected chi connectivity index (χ3v) is 5.10. The molecule has 6 nitrogen and oxygen atoms in total. The van der Waals surface area contributed by atoms with Crippen molar-refractivity contribution in [1.82, 2.24) is 10.6 Å². The van der Waals surface area contributed by atoms with Gasteiger partial charge in [-0.2, -0.15) is 0 Å². The molecule has 1 amide bonds. The number of hydrogen-bond donors (Lipinski definition) is 3. The molecule has 0 unspecified atom stereocenters. The topological polar surface area (TPSA) is 74.8 Å². The zero-order valence-corrected chi connectivity index (χ0v) is 20.5. The summed E-state index contributed by atoms with van der Waals surface area (Å²) in [6, 6.07) is 5.57. The van der Waals surface area contributed by atoms with Gasteiger partial charge in [0, 0.05) is 33.2 Å². The van der Waals surface area contributed by atoms with Crippen LogP contribution in [-0.4, -0.2) is 44.7 Å². The van der Waals surface area contributed by atoms with Crippen molar-refractivity contribution in [1.29, 1.82) is 0 Å². The number of rotatable bonds is 9. The van der Waals surface area contributed by atoms with Gasteiger partial charge in [0.2, 0.25) is 5.91 Å². The number of guanidine groups is 1. The highest BCUT2D eigenvalue weighted by Gasteiger charge is 2.13. The maximum Gasteiger partial charge on any atom is 0.226 e. The van der Waals surface area contributed by atoms with E-state index in [9.17, 15) is 4.79 Å². The van der Waals surface area contributed by atoms with Gasteiger partial charge in [-0.25, -0.2) is 0 Å². The molecule has 2 rings (SSSR count). The molecule has 164 valence electrons. The molecule has 1 aliphatic rings. The third kappa shape index (κ3) is 10.5. The minimum Gasteiger partial charge on any atom is -0.378 e. The van der Waals surface area contributed by atoms with E-state index >= 15 is 0 Å². The molecule has 0 spiro atoms. The number of carbonyl (C=O) groups is 1. The number of anilines is 1. The number of aryl methyl sites for hydroxylation is 1. The quantitative estimate of drug-likeness (QED) is 0.188. The van der Waals surface area contributed by atoms with Crippen molar-refractivity contribution in [3.05, 3.63) is 28.8 Å². The second-order valence-electron chi connectivity index (χ2n) is 7.19. The standard InChI is InChI=1S/C21H33ClN4O2.HI/c1-16-9-10-19(18(22)15-16)26-20(27)11-13-25-21(23-2)24-12-6-14-28-17-7-4-3-5-8-17;/h9-10,15,17H,3-8,11-14H2,1-2H3,(H,26,27)(H2,23,24,25);1H. The number of carbonyl (C=O) groups excluding carboxylic acids is 1. The van der Waals surface area contributed by atoms with Crippen LogP contribution in [-0.2, 0) is 9.53 Å². The molecule has 0 aliphatic heterocycles. The Hall–Kier alpha value is -1.06. The summed E-state index contributed by atoms with van der Waals surface area (Å²) >= 11 is 6.14. The number of amides is 1. The van der Waals surface area contributed by atoms with E-state index < -0.39 is 0 Å². The fourth-order valence-corrected chi connectivity index (χ4v) is 3.49. The maximum atomic E-state index is 12.1. The van der Waals surface area contributed by atoms with E-state index in [0.717, 1.165) is 25.1 Å². The molecule has 0 aromatic heterocycles. The van der Waals surface area contributed by atoms with Crippen molar-refractivity contribution in [2.24, 2.45) is 4.99 Å². The van der Waals surface area contributed by atoms with Crippen LogP contribution in [0.4, 0.5) is 5.69 Å². The van der Waals surface area contributed by atoms with E-state index in [0.29, 0.717) is 35.7 Å². The molecule has 1 aromatic rings. The fraction of sp³-hybridized carbons (Fsp3) is 0.619. The zero-order valence-electron chi connectivity index (χ0n) is 17.4. The Morgan fingerprint density at radius 1 is 1.21 bits per heavy atom. The van der Waals surface area contributed by atoms with E-state index in [2.05, 4.69) is 20.9 Å². The van der Waals surface area contributed by atoms with Gasteiger partial charge in [-0.05, 0) is 43.9 Å². The first-order valence-corrected chi connectivity index (χ1v) is 10.6. The van der Waals surface area contributed by atoms with Crippen LogP contribution < -0.4 is 16.0 Å². The number of nitrogens with one attached hydrogen (secondary N) is 3. The summed E-state index contributed by atoms with van der Waals surface area (Å²) in [5.41, 5.74) is 1.70. The van der Waals surface area contributed by atoms with Crippen LogP contribution in [0.5, 0.6) is 0 Å². The van der Waals surface area contributed by atoms with Crippen molar-refractivity contribution in [3.63, 3.8) is 0 Å². The number of ether oxygens (including phenoxy) is 1. The lowest BCUT2D eigenvalue weighted by molar-refractivity contribution is -0.116. The first kappa shape index (κ1) is 26.0. The Labute approximate surface area is 196 Å². The summed E-state index contributed by atoms with van der Waals surface area (Å²) < 4.78 is 5.92.